The average molecular weight is 331 g/mol. The Kier molecular flexibility index (Phi) is 5.91. The second-order valence-corrected chi connectivity index (χ2v) is 7.46. The van der Waals surface area contributed by atoms with Crippen molar-refractivity contribution >= 4 is 19.3 Å². The summed E-state index contributed by atoms with van der Waals surface area (Å²) in [5, 5.41) is 0. The highest BCUT2D eigenvalue weighted by atomic mass is 16.6. The third-order valence-electron chi connectivity index (χ3n) is 4.19. The minimum absolute atomic E-state index is 0.0357. The highest BCUT2D eigenvalue weighted by Gasteiger charge is 2.45. The highest BCUT2D eigenvalue weighted by Crippen LogP contribution is 2.39. The van der Waals surface area contributed by atoms with Gasteiger partial charge >= 0.3 is 5.97 Å². The quantitative estimate of drug-likeness (QED) is 0.611. The van der Waals surface area contributed by atoms with Gasteiger partial charge in [0.15, 0.2) is 0 Å². The number of carbonyl (C=O) groups is 1. The molecule has 0 aliphatic heterocycles. The van der Waals surface area contributed by atoms with Crippen molar-refractivity contribution in [3.8, 4) is 5.88 Å². The molecule has 1 saturated carbocycles. The van der Waals surface area contributed by atoms with Gasteiger partial charge in [-0.15, -0.1) is 0 Å². The number of methoxy groups -OCH3 is 1. The Morgan fingerprint density at radius 1 is 1.33 bits per heavy atom. The van der Waals surface area contributed by atoms with E-state index < -0.39 is 11.0 Å². The normalized spacial score (nSPS) is 24.4. The Labute approximate surface area is 145 Å². The smallest absolute Gasteiger partial charge is 0.314 e. The van der Waals surface area contributed by atoms with Crippen LogP contribution in [0.4, 0.5) is 0 Å². The molecule has 0 N–H and O–H groups in total. The lowest BCUT2D eigenvalue weighted by atomic mass is 9.73. The van der Waals surface area contributed by atoms with E-state index in [2.05, 4.69) is 4.98 Å². The third-order valence-corrected chi connectivity index (χ3v) is 4.19. The third kappa shape index (κ3) is 4.97. The minimum atomic E-state index is -0.587. The summed E-state index contributed by atoms with van der Waals surface area (Å²) in [5.41, 5.74) is -0.481. The van der Waals surface area contributed by atoms with Gasteiger partial charge in [-0.25, -0.2) is 4.98 Å². The lowest BCUT2D eigenvalue weighted by molar-refractivity contribution is -0.175. The first kappa shape index (κ1) is 18.8. The fraction of sp³-hybridized carbons (Fsp3) is 0.667. The van der Waals surface area contributed by atoms with Crippen LogP contribution in [0.1, 0.15) is 46.5 Å². The number of hydrogen-bond acceptors (Lipinski definition) is 5. The van der Waals surface area contributed by atoms with E-state index in [0.29, 0.717) is 30.8 Å². The van der Waals surface area contributed by atoms with Crippen molar-refractivity contribution < 1.29 is 19.0 Å². The van der Waals surface area contributed by atoms with Crippen molar-refractivity contribution in [3.63, 3.8) is 0 Å². The van der Waals surface area contributed by atoms with Crippen molar-refractivity contribution in [2.75, 3.05) is 13.7 Å². The Balaban J connectivity index is 1.98. The lowest BCUT2D eigenvalue weighted by Gasteiger charge is -2.39. The van der Waals surface area contributed by atoms with Crippen LogP contribution in [0, 0.1) is 5.41 Å². The number of hydrogen-bond donors (Lipinski definition) is 0. The number of ether oxygens (including phenoxy) is 3. The number of nitrogens with zero attached hydrogens (tertiary/aromatic N) is 1. The van der Waals surface area contributed by atoms with Gasteiger partial charge in [0.2, 0.25) is 5.88 Å². The lowest BCUT2D eigenvalue weighted by Crippen LogP contribution is -2.45. The van der Waals surface area contributed by atoms with Gasteiger partial charge in [0, 0.05) is 13.3 Å². The Hall–Kier alpha value is -1.56. The molecule has 1 aliphatic carbocycles. The van der Waals surface area contributed by atoms with Gasteiger partial charge in [-0.1, -0.05) is 11.5 Å². The van der Waals surface area contributed by atoms with E-state index >= 15 is 0 Å². The van der Waals surface area contributed by atoms with Gasteiger partial charge in [0.1, 0.15) is 19.6 Å². The van der Waals surface area contributed by atoms with E-state index in [-0.39, 0.29) is 12.1 Å². The van der Waals surface area contributed by atoms with Crippen LogP contribution in [-0.4, -0.2) is 44.2 Å². The largest absolute Gasteiger partial charge is 0.474 e. The summed E-state index contributed by atoms with van der Waals surface area (Å²) in [7, 11) is 7.25. The summed E-state index contributed by atoms with van der Waals surface area (Å²) in [5.74, 6) is 0.381. The van der Waals surface area contributed by atoms with Gasteiger partial charge in [-0.05, 0) is 52.5 Å². The number of pyridine rings is 1. The topological polar surface area (TPSA) is 57.7 Å². The summed E-state index contributed by atoms with van der Waals surface area (Å²) < 4.78 is 16.8. The monoisotopic (exact) mass is 331 g/mol. The molecule has 0 atom stereocenters. The van der Waals surface area contributed by atoms with Gasteiger partial charge in [-0.3, -0.25) is 4.79 Å². The fourth-order valence-electron chi connectivity index (χ4n) is 2.96. The van der Waals surface area contributed by atoms with E-state index in [1.54, 1.807) is 25.4 Å². The van der Waals surface area contributed by atoms with Crippen molar-refractivity contribution in [3.05, 3.63) is 18.3 Å². The zero-order valence-corrected chi connectivity index (χ0v) is 15.0. The number of aromatic nitrogens is 1. The molecule has 1 heterocycles. The van der Waals surface area contributed by atoms with E-state index in [1.165, 1.54) is 0 Å². The first-order valence-corrected chi connectivity index (χ1v) is 8.35. The SMILES string of the molecule is [B]c1ccc(OC2CCC(COC)(C(=O)OC(C)(C)C)CC2)nc1. The van der Waals surface area contributed by atoms with Gasteiger partial charge < -0.3 is 14.2 Å². The molecule has 0 bridgehead atoms. The molecule has 1 aliphatic rings. The standard InChI is InChI=1S/C18H26BNO4/c1-17(2,3)24-16(21)18(12-22-4)9-7-14(8-10-18)23-15-6-5-13(19)11-20-15/h5-6,11,14H,7-10,12H2,1-4H3. The van der Waals surface area contributed by atoms with Gasteiger partial charge in [0.05, 0.1) is 12.0 Å². The summed E-state index contributed by atoms with van der Waals surface area (Å²) in [4.78, 5) is 16.8. The number of rotatable bonds is 5. The average Bonchev–Trinajstić information content (AvgIpc) is 2.50. The second kappa shape index (κ2) is 7.56. The molecule has 1 aromatic rings. The number of esters is 1. The van der Waals surface area contributed by atoms with E-state index in [1.807, 2.05) is 20.8 Å². The van der Waals surface area contributed by atoms with Crippen LogP contribution in [-0.2, 0) is 14.3 Å². The molecule has 1 aromatic heterocycles. The number of carbonyl (C=O) groups excluding carboxylic acids is 1. The maximum atomic E-state index is 12.7. The molecule has 0 saturated heterocycles. The van der Waals surface area contributed by atoms with Crippen LogP contribution in [0.2, 0.25) is 0 Å². The molecule has 0 unspecified atom stereocenters. The molecule has 2 radical (unpaired) electrons. The van der Waals surface area contributed by atoms with E-state index in [4.69, 9.17) is 22.1 Å². The molecule has 0 amide bonds. The molecule has 24 heavy (non-hydrogen) atoms. The predicted octanol–water partition coefficient (Wildman–Crippen LogP) is 2.17. The first-order chi connectivity index (χ1) is 11.2. The van der Waals surface area contributed by atoms with E-state index in [9.17, 15) is 4.79 Å². The summed E-state index contributed by atoms with van der Waals surface area (Å²) in [6.45, 7) is 6.02. The first-order valence-electron chi connectivity index (χ1n) is 8.35. The Morgan fingerprint density at radius 2 is 2.00 bits per heavy atom. The fourth-order valence-corrected chi connectivity index (χ4v) is 2.96. The zero-order valence-electron chi connectivity index (χ0n) is 15.0. The molecular formula is C18H26BNO4. The van der Waals surface area contributed by atoms with Gasteiger partial charge in [-0.2, -0.15) is 0 Å². The molecule has 130 valence electrons. The van der Waals surface area contributed by atoms with Crippen molar-refractivity contribution in [2.45, 2.75) is 58.2 Å². The highest BCUT2D eigenvalue weighted by molar-refractivity contribution is 6.32. The summed E-state index contributed by atoms with van der Waals surface area (Å²) in [6.07, 6.45) is 4.48. The molecule has 1 fully saturated rings. The van der Waals surface area contributed by atoms with Crippen molar-refractivity contribution in [1.82, 2.24) is 4.98 Å². The van der Waals surface area contributed by atoms with Crippen LogP contribution in [0.25, 0.3) is 0 Å². The molecule has 0 aromatic carbocycles. The van der Waals surface area contributed by atoms with Crippen LogP contribution in [0.15, 0.2) is 18.3 Å². The predicted molar refractivity (Wildman–Crippen MR) is 92.7 cm³/mol. The Morgan fingerprint density at radius 3 is 2.50 bits per heavy atom. The van der Waals surface area contributed by atoms with Crippen LogP contribution < -0.4 is 10.2 Å². The van der Waals surface area contributed by atoms with Crippen LogP contribution >= 0.6 is 0 Å². The van der Waals surface area contributed by atoms with Gasteiger partial charge in [0.25, 0.3) is 0 Å². The molecule has 5 nitrogen and oxygen atoms in total. The van der Waals surface area contributed by atoms with Crippen molar-refractivity contribution in [1.29, 1.82) is 0 Å². The maximum absolute atomic E-state index is 12.7. The van der Waals surface area contributed by atoms with Crippen molar-refractivity contribution in [2.24, 2.45) is 5.41 Å². The zero-order chi connectivity index (χ0) is 17.8. The summed E-state index contributed by atoms with van der Waals surface area (Å²) in [6, 6.07) is 3.53. The second-order valence-electron chi connectivity index (χ2n) is 7.46. The molecule has 0 spiro atoms. The van der Waals surface area contributed by atoms with Crippen LogP contribution in [0.5, 0.6) is 5.88 Å². The molecular weight excluding hydrogens is 305 g/mol. The maximum Gasteiger partial charge on any atom is 0.314 e. The minimum Gasteiger partial charge on any atom is -0.474 e. The molecule has 6 heteroatoms. The van der Waals surface area contributed by atoms with E-state index in [0.717, 1.165) is 12.8 Å². The molecule has 2 rings (SSSR count). The van der Waals surface area contributed by atoms with Crippen LogP contribution in [0.3, 0.4) is 0 Å². The Bertz CT molecular complexity index is 545. The summed E-state index contributed by atoms with van der Waals surface area (Å²) >= 11 is 0.